The van der Waals surface area contributed by atoms with Gasteiger partial charge in [-0.1, -0.05) is 24.3 Å². The van der Waals surface area contributed by atoms with Crippen LogP contribution in [0.25, 0.3) is 0 Å². The molecule has 7 heteroatoms. The Morgan fingerprint density at radius 1 is 1.07 bits per heavy atom. The Bertz CT molecular complexity index is 776. The third-order valence-electron chi connectivity index (χ3n) is 4.85. The van der Waals surface area contributed by atoms with E-state index in [1.54, 1.807) is 19.2 Å². The molecular formula is C21H28N4O3. The van der Waals surface area contributed by atoms with Crippen molar-refractivity contribution >= 4 is 23.2 Å². The minimum Gasteiger partial charge on any atom is -0.495 e. The summed E-state index contributed by atoms with van der Waals surface area (Å²) >= 11 is 0. The lowest BCUT2D eigenvalue weighted by Gasteiger charge is -2.36. The second-order valence-corrected chi connectivity index (χ2v) is 6.70. The second kappa shape index (κ2) is 9.85. The molecule has 2 aromatic carbocycles. The molecule has 7 nitrogen and oxygen atoms in total. The number of carbonyl (C=O) groups excluding carboxylic acids is 1. The zero-order chi connectivity index (χ0) is 19.8. The molecule has 0 radical (unpaired) electrons. The number of nitrogens with two attached hydrogens (primary N) is 1. The summed E-state index contributed by atoms with van der Waals surface area (Å²) in [6, 6.07) is 15.2. The first-order valence-corrected chi connectivity index (χ1v) is 9.56. The summed E-state index contributed by atoms with van der Waals surface area (Å²) < 4.78 is 10.5. The van der Waals surface area contributed by atoms with Crippen LogP contribution in [0.4, 0.5) is 21.9 Å². The molecule has 2 aromatic rings. The van der Waals surface area contributed by atoms with Gasteiger partial charge in [0.1, 0.15) is 5.75 Å². The Hall–Kier alpha value is -2.93. The number of benzene rings is 2. The van der Waals surface area contributed by atoms with Gasteiger partial charge in [0, 0.05) is 32.7 Å². The molecule has 28 heavy (non-hydrogen) atoms. The minimum absolute atomic E-state index is 0.382. The van der Waals surface area contributed by atoms with E-state index >= 15 is 0 Å². The molecule has 1 saturated heterocycles. The lowest BCUT2D eigenvalue weighted by Crippen LogP contribution is -2.47. The number of carbonyl (C=O) groups is 1. The number of piperazine rings is 1. The lowest BCUT2D eigenvalue weighted by molar-refractivity contribution is 0.151. The van der Waals surface area contributed by atoms with Crippen molar-refractivity contribution < 1.29 is 14.3 Å². The van der Waals surface area contributed by atoms with Crippen molar-refractivity contribution in [1.82, 2.24) is 4.90 Å². The summed E-state index contributed by atoms with van der Waals surface area (Å²) in [5.41, 5.74) is 8.61. The quantitative estimate of drug-likeness (QED) is 0.564. The van der Waals surface area contributed by atoms with Crippen LogP contribution in [-0.2, 0) is 4.74 Å². The average molecular weight is 384 g/mol. The van der Waals surface area contributed by atoms with Crippen molar-refractivity contribution in [2.75, 3.05) is 62.4 Å². The molecule has 150 valence electrons. The maximum Gasteiger partial charge on any atom is 0.411 e. The number of hydrogen-bond donors (Lipinski definition) is 2. The maximum atomic E-state index is 11.9. The van der Waals surface area contributed by atoms with Gasteiger partial charge in [-0.2, -0.15) is 0 Å². The van der Waals surface area contributed by atoms with Crippen molar-refractivity contribution in [3.05, 3.63) is 48.5 Å². The number of para-hydroxylation sites is 4. The molecule has 1 fully saturated rings. The van der Waals surface area contributed by atoms with Crippen molar-refractivity contribution in [2.24, 2.45) is 0 Å². The van der Waals surface area contributed by atoms with E-state index in [0.717, 1.165) is 50.5 Å². The number of hydrogen-bond acceptors (Lipinski definition) is 6. The van der Waals surface area contributed by atoms with Crippen LogP contribution < -0.4 is 20.7 Å². The van der Waals surface area contributed by atoms with E-state index in [-0.39, 0.29) is 0 Å². The van der Waals surface area contributed by atoms with Crippen molar-refractivity contribution in [3.8, 4) is 5.75 Å². The number of nitrogens with zero attached hydrogens (tertiary/aromatic N) is 2. The normalized spacial score (nSPS) is 14.5. The minimum atomic E-state index is -0.464. The van der Waals surface area contributed by atoms with Crippen LogP contribution in [-0.4, -0.2) is 57.4 Å². The fourth-order valence-electron chi connectivity index (χ4n) is 3.33. The summed E-state index contributed by atoms with van der Waals surface area (Å²) in [5, 5.41) is 2.71. The van der Waals surface area contributed by atoms with E-state index in [1.807, 2.05) is 30.3 Å². The Labute approximate surface area is 166 Å². The predicted molar refractivity (Wildman–Crippen MR) is 112 cm³/mol. The van der Waals surface area contributed by atoms with Gasteiger partial charge in [0.05, 0.1) is 30.8 Å². The Morgan fingerprint density at radius 2 is 1.79 bits per heavy atom. The smallest absolute Gasteiger partial charge is 0.411 e. The van der Waals surface area contributed by atoms with Crippen molar-refractivity contribution in [3.63, 3.8) is 0 Å². The molecule has 1 amide bonds. The van der Waals surface area contributed by atoms with Crippen molar-refractivity contribution in [1.29, 1.82) is 0 Å². The summed E-state index contributed by atoms with van der Waals surface area (Å²) in [6.45, 7) is 5.13. The first-order chi connectivity index (χ1) is 13.7. The first-order valence-electron chi connectivity index (χ1n) is 9.56. The Balaban J connectivity index is 1.34. The van der Waals surface area contributed by atoms with Gasteiger partial charge in [-0.15, -0.1) is 0 Å². The van der Waals surface area contributed by atoms with E-state index in [4.69, 9.17) is 15.2 Å². The first kappa shape index (κ1) is 19.8. The highest BCUT2D eigenvalue weighted by molar-refractivity contribution is 5.86. The topological polar surface area (TPSA) is 80.1 Å². The zero-order valence-corrected chi connectivity index (χ0v) is 16.3. The largest absolute Gasteiger partial charge is 0.495 e. The van der Waals surface area contributed by atoms with Gasteiger partial charge < -0.3 is 20.1 Å². The van der Waals surface area contributed by atoms with Crippen LogP contribution in [0.1, 0.15) is 6.42 Å². The third kappa shape index (κ3) is 5.29. The Morgan fingerprint density at radius 3 is 2.54 bits per heavy atom. The molecular weight excluding hydrogens is 356 g/mol. The van der Waals surface area contributed by atoms with Crippen molar-refractivity contribution in [2.45, 2.75) is 6.42 Å². The van der Waals surface area contributed by atoms with E-state index in [1.165, 1.54) is 0 Å². The molecule has 0 aromatic heterocycles. The monoisotopic (exact) mass is 384 g/mol. The van der Waals surface area contributed by atoms with Gasteiger partial charge in [-0.05, 0) is 30.7 Å². The highest BCUT2D eigenvalue weighted by Crippen LogP contribution is 2.24. The number of nitrogens with one attached hydrogen (secondary N) is 1. The number of nitrogen functional groups attached to an aromatic ring is 1. The maximum absolute atomic E-state index is 11.9. The summed E-state index contributed by atoms with van der Waals surface area (Å²) in [6.07, 6.45) is 0.334. The number of rotatable bonds is 7. The second-order valence-electron chi connectivity index (χ2n) is 6.70. The molecule has 0 bridgehead atoms. The zero-order valence-electron chi connectivity index (χ0n) is 16.3. The number of methoxy groups -OCH3 is 1. The molecule has 3 rings (SSSR count). The van der Waals surface area contributed by atoms with Crippen LogP contribution in [0.15, 0.2) is 48.5 Å². The molecule has 3 N–H and O–H groups in total. The molecule has 0 unspecified atom stereocenters. The lowest BCUT2D eigenvalue weighted by atomic mass is 10.2. The standard InChI is InChI=1S/C21H28N4O3/c1-27-20-10-5-3-8-18(20)23-21(26)28-16-6-11-24-12-14-25(15-13-24)19-9-4-2-7-17(19)22/h2-5,7-10H,6,11-16,22H2,1H3,(H,23,26). The SMILES string of the molecule is COc1ccccc1NC(=O)OCCCN1CCN(c2ccccc2N)CC1. The van der Waals surface area contributed by atoms with Crippen LogP contribution in [0.3, 0.4) is 0 Å². The molecule has 0 saturated carbocycles. The van der Waals surface area contributed by atoms with Crippen LogP contribution in [0, 0.1) is 0 Å². The molecule has 1 aliphatic heterocycles. The van der Waals surface area contributed by atoms with E-state index in [0.29, 0.717) is 18.0 Å². The fraction of sp³-hybridized carbons (Fsp3) is 0.381. The summed E-state index contributed by atoms with van der Waals surface area (Å²) in [4.78, 5) is 16.7. The highest BCUT2D eigenvalue weighted by Gasteiger charge is 2.18. The van der Waals surface area contributed by atoms with Gasteiger partial charge in [0.25, 0.3) is 0 Å². The van der Waals surface area contributed by atoms with Gasteiger partial charge in [0.15, 0.2) is 0 Å². The van der Waals surface area contributed by atoms with Gasteiger partial charge in [-0.25, -0.2) is 4.79 Å². The molecule has 0 spiro atoms. The average Bonchev–Trinajstić information content (AvgIpc) is 2.72. The number of anilines is 3. The molecule has 0 aliphatic carbocycles. The number of amides is 1. The van der Waals surface area contributed by atoms with Crippen LogP contribution in [0.5, 0.6) is 5.75 Å². The predicted octanol–water partition coefficient (Wildman–Crippen LogP) is 3.04. The molecule has 1 aliphatic rings. The van der Waals surface area contributed by atoms with E-state index < -0.39 is 6.09 Å². The van der Waals surface area contributed by atoms with E-state index in [2.05, 4.69) is 21.2 Å². The third-order valence-corrected chi connectivity index (χ3v) is 4.85. The highest BCUT2D eigenvalue weighted by atomic mass is 16.5. The summed E-state index contributed by atoms with van der Waals surface area (Å²) in [7, 11) is 1.57. The van der Waals surface area contributed by atoms with Gasteiger partial charge in [0.2, 0.25) is 0 Å². The molecule has 0 atom stereocenters. The summed E-state index contributed by atoms with van der Waals surface area (Å²) in [5.74, 6) is 0.608. The van der Waals surface area contributed by atoms with Crippen LogP contribution in [0.2, 0.25) is 0 Å². The fourth-order valence-corrected chi connectivity index (χ4v) is 3.33. The van der Waals surface area contributed by atoms with Gasteiger partial charge in [-0.3, -0.25) is 10.2 Å². The number of ether oxygens (including phenoxy) is 2. The van der Waals surface area contributed by atoms with Gasteiger partial charge >= 0.3 is 6.09 Å². The molecule has 1 heterocycles. The Kier molecular flexibility index (Phi) is 6.97. The van der Waals surface area contributed by atoms with E-state index in [9.17, 15) is 4.79 Å². The van der Waals surface area contributed by atoms with Crippen LogP contribution >= 0.6 is 0 Å².